The van der Waals surface area contributed by atoms with Gasteiger partial charge < -0.3 is 15.0 Å². The van der Waals surface area contributed by atoms with Crippen LogP contribution in [0.25, 0.3) is 10.9 Å². The van der Waals surface area contributed by atoms with Crippen molar-refractivity contribution in [3.05, 3.63) is 64.4 Å². The number of fused-ring (bicyclic) bond motifs is 1. The average molecular weight is 411 g/mol. The fraction of sp³-hybridized carbons (Fsp3) is 0.238. The second-order valence-electron chi connectivity index (χ2n) is 6.19. The van der Waals surface area contributed by atoms with E-state index in [2.05, 4.69) is 15.3 Å². The normalized spacial score (nSPS) is 11.8. The molecule has 1 heterocycles. The Hall–Kier alpha value is -3.13. The van der Waals surface area contributed by atoms with E-state index in [1.807, 2.05) is 13.0 Å². The van der Waals surface area contributed by atoms with E-state index in [4.69, 9.17) is 4.74 Å². The molecule has 0 radical (unpaired) electrons. The van der Waals surface area contributed by atoms with Crippen molar-refractivity contribution in [1.82, 2.24) is 9.97 Å². The maximum absolute atomic E-state index is 12.7. The minimum Gasteiger partial charge on any atom is -0.462 e. The molecule has 1 unspecified atom stereocenters. The van der Waals surface area contributed by atoms with Gasteiger partial charge in [-0.3, -0.25) is 9.59 Å². The van der Waals surface area contributed by atoms with Crippen LogP contribution in [0.1, 0.15) is 30.6 Å². The van der Waals surface area contributed by atoms with Crippen molar-refractivity contribution in [1.29, 1.82) is 0 Å². The van der Waals surface area contributed by atoms with Gasteiger partial charge in [0.1, 0.15) is 0 Å². The zero-order chi connectivity index (χ0) is 20.8. The van der Waals surface area contributed by atoms with Crippen LogP contribution in [-0.2, 0) is 9.53 Å². The van der Waals surface area contributed by atoms with E-state index in [-0.39, 0.29) is 18.1 Å². The van der Waals surface area contributed by atoms with E-state index in [1.165, 1.54) is 11.8 Å². The molecule has 8 heteroatoms. The number of rotatable bonds is 7. The predicted molar refractivity (Wildman–Crippen MR) is 113 cm³/mol. The van der Waals surface area contributed by atoms with Crippen molar-refractivity contribution in [2.45, 2.75) is 30.7 Å². The molecule has 0 aliphatic carbocycles. The minimum absolute atomic E-state index is 0.240. The number of carbonyl (C=O) groups excluding carboxylic acids is 2. The highest BCUT2D eigenvalue weighted by molar-refractivity contribution is 8.00. The Labute approximate surface area is 171 Å². The topological polar surface area (TPSA) is 101 Å². The number of ether oxygens (including phenoxy) is 1. The van der Waals surface area contributed by atoms with Gasteiger partial charge >= 0.3 is 5.97 Å². The molecule has 29 heavy (non-hydrogen) atoms. The van der Waals surface area contributed by atoms with E-state index in [0.717, 1.165) is 0 Å². The number of esters is 1. The molecule has 150 valence electrons. The molecule has 0 saturated heterocycles. The van der Waals surface area contributed by atoms with Crippen molar-refractivity contribution in [2.75, 3.05) is 11.9 Å². The molecular weight excluding hydrogens is 390 g/mol. The highest BCUT2D eigenvalue weighted by Gasteiger charge is 2.20. The van der Waals surface area contributed by atoms with Crippen LogP contribution in [0, 0.1) is 0 Å². The monoisotopic (exact) mass is 411 g/mol. The summed E-state index contributed by atoms with van der Waals surface area (Å²) in [6.07, 6.45) is 0.532. The van der Waals surface area contributed by atoms with Crippen LogP contribution in [-0.4, -0.2) is 33.7 Å². The number of benzene rings is 2. The number of amides is 1. The van der Waals surface area contributed by atoms with Crippen molar-refractivity contribution < 1.29 is 14.3 Å². The number of hydrogen-bond acceptors (Lipinski definition) is 6. The maximum atomic E-state index is 12.7. The van der Waals surface area contributed by atoms with Crippen LogP contribution >= 0.6 is 11.8 Å². The molecule has 0 saturated carbocycles. The summed E-state index contributed by atoms with van der Waals surface area (Å²) < 4.78 is 4.98. The van der Waals surface area contributed by atoms with Gasteiger partial charge in [0.15, 0.2) is 5.16 Å². The second-order valence-corrected chi connectivity index (χ2v) is 7.38. The van der Waals surface area contributed by atoms with E-state index in [1.54, 1.807) is 49.4 Å². The van der Waals surface area contributed by atoms with Gasteiger partial charge in [0, 0.05) is 5.69 Å². The number of aromatic amines is 1. The van der Waals surface area contributed by atoms with Gasteiger partial charge in [-0.25, -0.2) is 9.78 Å². The third-order valence-corrected chi connectivity index (χ3v) is 5.40. The fourth-order valence-corrected chi connectivity index (χ4v) is 3.64. The molecule has 1 amide bonds. The van der Waals surface area contributed by atoms with E-state index in [9.17, 15) is 14.4 Å². The van der Waals surface area contributed by atoms with Crippen molar-refractivity contribution in [3.8, 4) is 0 Å². The van der Waals surface area contributed by atoms with Crippen LogP contribution in [0.5, 0.6) is 0 Å². The Morgan fingerprint density at radius 2 is 1.97 bits per heavy atom. The SMILES string of the molecule is CCOC(=O)c1cccc(NC(=O)C(CC)Sc2nc3ccccc3c(=O)[nH]2)c1. The fourth-order valence-electron chi connectivity index (χ4n) is 2.74. The van der Waals surface area contributed by atoms with Gasteiger partial charge in [0.05, 0.1) is 28.3 Å². The molecule has 1 atom stereocenters. The Kier molecular flexibility index (Phi) is 6.66. The lowest BCUT2D eigenvalue weighted by Gasteiger charge is -2.14. The van der Waals surface area contributed by atoms with Gasteiger partial charge in [-0.2, -0.15) is 0 Å². The summed E-state index contributed by atoms with van der Waals surface area (Å²) in [5.74, 6) is -0.683. The molecule has 7 nitrogen and oxygen atoms in total. The number of nitrogens with zero attached hydrogens (tertiary/aromatic N) is 1. The molecule has 0 bridgehead atoms. The summed E-state index contributed by atoms with van der Waals surface area (Å²) in [6.45, 7) is 3.89. The van der Waals surface area contributed by atoms with Crippen LogP contribution in [0.2, 0.25) is 0 Å². The van der Waals surface area contributed by atoms with Gasteiger partial charge in [-0.05, 0) is 43.7 Å². The molecule has 2 N–H and O–H groups in total. The van der Waals surface area contributed by atoms with Crippen LogP contribution in [0.3, 0.4) is 0 Å². The number of carbonyl (C=O) groups is 2. The first-order chi connectivity index (χ1) is 14.0. The largest absolute Gasteiger partial charge is 0.462 e. The van der Waals surface area contributed by atoms with Gasteiger partial charge in [-0.1, -0.05) is 36.9 Å². The number of anilines is 1. The maximum Gasteiger partial charge on any atom is 0.338 e. The molecule has 2 aromatic carbocycles. The zero-order valence-corrected chi connectivity index (χ0v) is 16.9. The second kappa shape index (κ2) is 9.38. The lowest BCUT2D eigenvalue weighted by Crippen LogP contribution is -2.25. The summed E-state index contributed by atoms with van der Waals surface area (Å²) in [6, 6.07) is 13.6. The van der Waals surface area contributed by atoms with Crippen molar-refractivity contribution in [2.24, 2.45) is 0 Å². The Balaban J connectivity index is 1.75. The Bertz CT molecular complexity index is 1100. The first kappa shape index (κ1) is 20.6. The zero-order valence-electron chi connectivity index (χ0n) is 16.1. The molecule has 0 aliphatic rings. The molecule has 0 spiro atoms. The van der Waals surface area contributed by atoms with E-state index in [0.29, 0.717) is 33.7 Å². The van der Waals surface area contributed by atoms with E-state index < -0.39 is 11.2 Å². The van der Waals surface area contributed by atoms with E-state index >= 15 is 0 Å². The number of nitrogens with one attached hydrogen (secondary N) is 2. The lowest BCUT2D eigenvalue weighted by atomic mass is 10.2. The first-order valence-electron chi connectivity index (χ1n) is 9.25. The quantitative estimate of drug-likeness (QED) is 0.350. The minimum atomic E-state index is -0.467. The third-order valence-electron chi connectivity index (χ3n) is 4.15. The number of para-hydroxylation sites is 1. The molecule has 3 rings (SSSR count). The summed E-state index contributed by atoms with van der Waals surface area (Å²) in [4.78, 5) is 44.0. The summed E-state index contributed by atoms with van der Waals surface area (Å²) >= 11 is 1.19. The number of H-pyrrole nitrogens is 1. The molecule has 3 aromatic rings. The van der Waals surface area contributed by atoms with Crippen molar-refractivity contribution in [3.63, 3.8) is 0 Å². The highest BCUT2D eigenvalue weighted by Crippen LogP contribution is 2.24. The predicted octanol–water partition coefficient (Wildman–Crippen LogP) is 3.61. The summed E-state index contributed by atoms with van der Waals surface area (Å²) in [5.41, 5.74) is 1.21. The summed E-state index contributed by atoms with van der Waals surface area (Å²) in [5, 5.41) is 3.24. The number of hydrogen-bond donors (Lipinski definition) is 2. The van der Waals surface area contributed by atoms with Crippen LogP contribution in [0.15, 0.2) is 58.5 Å². The van der Waals surface area contributed by atoms with Crippen LogP contribution < -0.4 is 10.9 Å². The Morgan fingerprint density at radius 1 is 1.17 bits per heavy atom. The van der Waals surface area contributed by atoms with Crippen LogP contribution in [0.4, 0.5) is 5.69 Å². The summed E-state index contributed by atoms with van der Waals surface area (Å²) in [7, 11) is 0. The molecule has 0 aliphatic heterocycles. The van der Waals surface area contributed by atoms with Gasteiger partial charge in [0.25, 0.3) is 5.56 Å². The molecule has 1 aromatic heterocycles. The molecule has 0 fully saturated rings. The van der Waals surface area contributed by atoms with Gasteiger partial charge in [-0.15, -0.1) is 0 Å². The average Bonchev–Trinajstić information content (AvgIpc) is 2.72. The standard InChI is InChI=1S/C21H21N3O4S/c1-3-17(29-21-23-16-11-6-5-10-15(16)18(25)24-21)19(26)22-14-9-7-8-13(12-14)20(27)28-4-2/h5-12,17H,3-4H2,1-2H3,(H,22,26)(H,23,24,25). The first-order valence-corrected chi connectivity index (χ1v) is 10.1. The third kappa shape index (κ3) is 5.03. The van der Waals surface area contributed by atoms with Crippen molar-refractivity contribution >= 4 is 40.2 Å². The molecular formula is C21H21N3O4S. The smallest absolute Gasteiger partial charge is 0.338 e. The number of thioether (sulfide) groups is 1. The lowest BCUT2D eigenvalue weighted by molar-refractivity contribution is -0.115. The highest BCUT2D eigenvalue weighted by atomic mass is 32.2. The Morgan fingerprint density at radius 3 is 2.72 bits per heavy atom. The van der Waals surface area contributed by atoms with Gasteiger partial charge in [0.2, 0.25) is 5.91 Å². The number of aromatic nitrogens is 2.